The molecule has 186 valence electrons. The highest BCUT2D eigenvalue weighted by Gasteiger charge is 2.27. The molecule has 7 nitrogen and oxygen atoms in total. The van der Waals surface area contributed by atoms with E-state index < -0.39 is 0 Å². The molecule has 0 aromatic heterocycles. The van der Waals surface area contributed by atoms with Crippen LogP contribution in [0.15, 0.2) is 77.9 Å². The van der Waals surface area contributed by atoms with Crippen molar-refractivity contribution in [3.63, 3.8) is 0 Å². The van der Waals surface area contributed by atoms with Crippen LogP contribution in [0.4, 0.5) is 0 Å². The summed E-state index contributed by atoms with van der Waals surface area (Å²) in [6, 6.07) is 22.2. The first-order valence-corrected chi connectivity index (χ1v) is 12.1. The molecule has 3 aromatic rings. The largest absolute Gasteiger partial charge is 0.493 e. The summed E-state index contributed by atoms with van der Waals surface area (Å²) in [5, 5.41) is 4.70. The fourth-order valence-electron chi connectivity index (χ4n) is 4.00. The van der Waals surface area contributed by atoms with Crippen LogP contribution in [0, 0.1) is 5.92 Å². The number of likely N-dealkylation sites (tertiary alicyclic amines) is 1. The fraction of sp³-hybridized carbons (Fsp3) is 0.250. The second-order valence-corrected chi connectivity index (χ2v) is 8.93. The maximum atomic E-state index is 12.6. The number of amides is 2. The number of rotatable bonds is 8. The Morgan fingerprint density at radius 1 is 1.03 bits per heavy atom. The molecule has 0 aliphatic carbocycles. The van der Waals surface area contributed by atoms with E-state index in [4.69, 9.17) is 21.1 Å². The number of nitrogens with zero attached hydrogens (tertiary/aromatic N) is 2. The Balaban J connectivity index is 1.26. The Bertz CT molecular complexity index is 1210. The molecule has 8 heteroatoms. The number of nitrogens with one attached hydrogen (secondary N) is 1. The summed E-state index contributed by atoms with van der Waals surface area (Å²) in [6.45, 7) is 1.47. The number of methoxy groups -OCH3 is 1. The van der Waals surface area contributed by atoms with E-state index in [0.29, 0.717) is 54.6 Å². The normalized spacial score (nSPS) is 14.0. The lowest BCUT2D eigenvalue weighted by Gasteiger charge is -2.31. The molecule has 2 amide bonds. The predicted octanol–water partition coefficient (Wildman–Crippen LogP) is 4.93. The number of carbonyl (C=O) groups excluding carboxylic acids is 2. The standard InChI is InChI=1S/C28H28ClN3O4/c1-35-26-17-21(7-12-25(26)36-19-20-5-3-2-4-6-20)18-30-31-27(33)22-13-15-32(16-14-22)28(34)23-8-10-24(29)11-9-23/h2-12,17-18,22H,13-16,19H2,1H3,(H,31,33)/b30-18-. The zero-order valence-electron chi connectivity index (χ0n) is 20.0. The van der Waals surface area contributed by atoms with Gasteiger partial charge in [0.2, 0.25) is 5.91 Å². The summed E-state index contributed by atoms with van der Waals surface area (Å²) in [6.07, 6.45) is 2.74. The highest BCUT2D eigenvalue weighted by molar-refractivity contribution is 6.30. The quantitative estimate of drug-likeness (QED) is 0.348. The fourth-order valence-corrected chi connectivity index (χ4v) is 4.13. The Morgan fingerprint density at radius 2 is 1.75 bits per heavy atom. The SMILES string of the molecule is COc1cc(/C=N\NC(=O)C2CCN(C(=O)c3ccc(Cl)cc3)CC2)ccc1OCc1ccccc1. The zero-order chi connectivity index (χ0) is 25.3. The minimum atomic E-state index is -0.195. The summed E-state index contributed by atoms with van der Waals surface area (Å²) >= 11 is 5.90. The van der Waals surface area contributed by atoms with Gasteiger partial charge >= 0.3 is 0 Å². The molecule has 0 saturated carbocycles. The van der Waals surface area contributed by atoms with Crippen LogP contribution in [0.25, 0.3) is 0 Å². The van der Waals surface area contributed by atoms with Crippen LogP contribution in [0.2, 0.25) is 5.02 Å². The Hall–Kier alpha value is -3.84. The van der Waals surface area contributed by atoms with Crippen LogP contribution < -0.4 is 14.9 Å². The zero-order valence-corrected chi connectivity index (χ0v) is 20.8. The van der Waals surface area contributed by atoms with E-state index >= 15 is 0 Å². The molecule has 1 saturated heterocycles. The smallest absolute Gasteiger partial charge is 0.253 e. The van der Waals surface area contributed by atoms with Gasteiger partial charge in [-0.1, -0.05) is 41.9 Å². The number of hydrazone groups is 1. The van der Waals surface area contributed by atoms with Crippen molar-refractivity contribution in [1.29, 1.82) is 0 Å². The van der Waals surface area contributed by atoms with Crippen molar-refractivity contribution in [2.75, 3.05) is 20.2 Å². The van der Waals surface area contributed by atoms with Crippen molar-refractivity contribution < 1.29 is 19.1 Å². The van der Waals surface area contributed by atoms with Crippen molar-refractivity contribution in [3.8, 4) is 11.5 Å². The summed E-state index contributed by atoms with van der Waals surface area (Å²) in [5.41, 5.74) is 5.05. The maximum Gasteiger partial charge on any atom is 0.253 e. The van der Waals surface area contributed by atoms with Gasteiger partial charge in [0.1, 0.15) is 6.61 Å². The van der Waals surface area contributed by atoms with Crippen LogP contribution in [-0.2, 0) is 11.4 Å². The van der Waals surface area contributed by atoms with Gasteiger partial charge in [0, 0.05) is 29.6 Å². The second kappa shape index (κ2) is 12.2. The number of hydrogen-bond donors (Lipinski definition) is 1. The van der Waals surface area contributed by atoms with Crippen molar-refractivity contribution in [2.45, 2.75) is 19.4 Å². The van der Waals surface area contributed by atoms with E-state index in [0.717, 1.165) is 11.1 Å². The summed E-state index contributed by atoms with van der Waals surface area (Å²) in [4.78, 5) is 27.0. The van der Waals surface area contributed by atoms with Crippen molar-refractivity contribution in [3.05, 3.63) is 94.5 Å². The molecular formula is C28H28ClN3O4. The highest BCUT2D eigenvalue weighted by Crippen LogP contribution is 2.28. The minimum Gasteiger partial charge on any atom is -0.493 e. The van der Waals surface area contributed by atoms with Gasteiger partial charge < -0.3 is 14.4 Å². The highest BCUT2D eigenvalue weighted by atomic mass is 35.5. The Labute approximate surface area is 215 Å². The van der Waals surface area contributed by atoms with Crippen LogP contribution in [-0.4, -0.2) is 43.1 Å². The molecule has 3 aromatic carbocycles. The molecule has 0 atom stereocenters. The van der Waals surface area contributed by atoms with Crippen molar-refractivity contribution in [2.24, 2.45) is 11.0 Å². The number of carbonyl (C=O) groups is 2. The Morgan fingerprint density at radius 3 is 2.44 bits per heavy atom. The third-order valence-electron chi connectivity index (χ3n) is 6.06. The number of piperidine rings is 1. The van der Waals surface area contributed by atoms with E-state index in [1.807, 2.05) is 42.5 Å². The molecule has 1 aliphatic rings. The molecule has 36 heavy (non-hydrogen) atoms. The van der Waals surface area contributed by atoms with Gasteiger partial charge in [-0.25, -0.2) is 5.43 Å². The summed E-state index contributed by atoms with van der Waals surface area (Å²) in [7, 11) is 1.58. The van der Waals surface area contributed by atoms with E-state index in [-0.39, 0.29) is 17.7 Å². The third-order valence-corrected chi connectivity index (χ3v) is 6.31. The van der Waals surface area contributed by atoms with Gasteiger partial charge in [-0.05, 0) is 66.4 Å². The van der Waals surface area contributed by atoms with Crippen LogP contribution in [0.5, 0.6) is 11.5 Å². The maximum absolute atomic E-state index is 12.6. The molecule has 4 rings (SSSR count). The summed E-state index contributed by atoms with van der Waals surface area (Å²) < 4.78 is 11.3. The van der Waals surface area contributed by atoms with Gasteiger partial charge in [0.25, 0.3) is 5.91 Å². The van der Waals surface area contributed by atoms with E-state index in [9.17, 15) is 9.59 Å². The third kappa shape index (κ3) is 6.64. The first kappa shape index (κ1) is 25.3. The molecule has 1 fully saturated rings. The average Bonchev–Trinajstić information content (AvgIpc) is 2.93. The van der Waals surface area contributed by atoms with E-state index in [1.54, 1.807) is 48.6 Å². The lowest BCUT2D eigenvalue weighted by Crippen LogP contribution is -2.42. The van der Waals surface area contributed by atoms with Crippen molar-refractivity contribution in [1.82, 2.24) is 10.3 Å². The minimum absolute atomic E-state index is 0.0475. The van der Waals surface area contributed by atoms with Crippen LogP contribution in [0.3, 0.4) is 0 Å². The number of halogens is 1. The van der Waals surface area contributed by atoms with Crippen molar-refractivity contribution >= 4 is 29.6 Å². The van der Waals surface area contributed by atoms with Crippen LogP contribution >= 0.6 is 11.6 Å². The monoisotopic (exact) mass is 505 g/mol. The van der Waals surface area contributed by atoms with E-state index in [2.05, 4.69) is 10.5 Å². The molecular weight excluding hydrogens is 478 g/mol. The molecule has 1 aliphatic heterocycles. The van der Waals surface area contributed by atoms with Gasteiger partial charge in [-0.3, -0.25) is 9.59 Å². The van der Waals surface area contributed by atoms with Gasteiger partial charge in [-0.15, -0.1) is 0 Å². The van der Waals surface area contributed by atoms with E-state index in [1.165, 1.54) is 0 Å². The first-order chi connectivity index (χ1) is 17.5. The molecule has 1 N–H and O–H groups in total. The number of hydrogen-bond acceptors (Lipinski definition) is 5. The van der Waals surface area contributed by atoms with Gasteiger partial charge in [0.05, 0.1) is 13.3 Å². The van der Waals surface area contributed by atoms with Crippen LogP contribution in [0.1, 0.15) is 34.3 Å². The van der Waals surface area contributed by atoms with Gasteiger partial charge in [-0.2, -0.15) is 5.10 Å². The van der Waals surface area contributed by atoms with Gasteiger partial charge in [0.15, 0.2) is 11.5 Å². The number of ether oxygens (including phenoxy) is 2. The predicted molar refractivity (Wildman–Crippen MR) is 140 cm³/mol. The molecule has 0 radical (unpaired) electrons. The lowest BCUT2D eigenvalue weighted by atomic mass is 9.95. The molecule has 0 unspecified atom stereocenters. The number of benzene rings is 3. The molecule has 0 bridgehead atoms. The first-order valence-electron chi connectivity index (χ1n) is 11.8. The lowest BCUT2D eigenvalue weighted by molar-refractivity contribution is -0.126. The molecule has 0 spiro atoms. The summed E-state index contributed by atoms with van der Waals surface area (Å²) in [5.74, 6) is 0.814. The molecule has 1 heterocycles. The second-order valence-electron chi connectivity index (χ2n) is 8.49. The topological polar surface area (TPSA) is 80.2 Å². The average molecular weight is 506 g/mol. The Kier molecular flexibility index (Phi) is 8.57.